The summed E-state index contributed by atoms with van der Waals surface area (Å²) < 4.78 is 5.69. The average molecular weight is 269 g/mol. The van der Waals surface area contributed by atoms with E-state index in [0.29, 0.717) is 24.7 Å². The predicted molar refractivity (Wildman–Crippen MR) is 70.4 cm³/mol. The minimum Gasteiger partial charge on any atom is -0.370 e. The second kappa shape index (κ2) is 5.69. The molecule has 4 nitrogen and oxygen atoms in total. The van der Waals surface area contributed by atoms with Crippen molar-refractivity contribution in [1.29, 1.82) is 0 Å². The number of carbonyl (C=O) groups is 1. The molecule has 1 aliphatic rings. The van der Waals surface area contributed by atoms with Crippen molar-refractivity contribution in [2.45, 2.75) is 19.1 Å². The Hall–Kier alpha value is -1.10. The van der Waals surface area contributed by atoms with Gasteiger partial charge in [-0.05, 0) is 13.0 Å². The molecular weight excluding hydrogens is 252 g/mol. The molecule has 1 aromatic rings. The van der Waals surface area contributed by atoms with Gasteiger partial charge in [0.15, 0.2) is 0 Å². The smallest absolute Gasteiger partial charge is 0.239 e. The Morgan fingerprint density at radius 3 is 2.94 bits per heavy atom. The molecule has 18 heavy (non-hydrogen) atoms. The summed E-state index contributed by atoms with van der Waals surface area (Å²) in [5, 5.41) is 0.664. The molecule has 0 unspecified atom stereocenters. The first-order valence-electron chi connectivity index (χ1n) is 6.00. The van der Waals surface area contributed by atoms with E-state index >= 15 is 0 Å². The third kappa shape index (κ3) is 2.83. The van der Waals surface area contributed by atoms with Crippen LogP contribution in [0.2, 0.25) is 5.02 Å². The van der Waals surface area contributed by atoms with Gasteiger partial charge in [0, 0.05) is 17.1 Å². The monoisotopic (exact) mass is 268 g/mol. The Kier molecular flexibility index (Phi) is 4.22. The SMILES string of the molecule is C[C@H](N)C(=O)N1CCO[C@H](c2ccccc2Cl)C1. The lowest BCUT2D eigenvalue weighted by atomic mass is 10.1. The lowest BCUT2D eigenvalue weighted by Crippen LogP contribution is -2.48. The Morgan fingerprint density at radius 1 is 1.56 bits per heavy atom. The van der Waals surface area contributed by atoms with Gasteiger partial charge in [0.25, 0.3) is 0 Å². The molecule has 98 valence electrons. The van der Waals surface area contributed by atoms with Gasteiger partial charge in [-0.2, -0.15) is 0 Å². The lowest BCUT2D eigenvalue weighted by molar-refractivity contribution is -0.140. The van der Waals surface area contributed by atoms with E-state index in [-0.39, 0.29) is 12.0 Å². The number of hydrogen-bond acceptors (Lipinski definition) is 3. The number of nitrogens with zero attached hydrogens (tertiary/aromatic N) is 1. The van der Waals surface area contributed by atoms with E-state index in [4.69, 9.17) is 22.1 Å². The van der Waals surface area contributed by atoms with Gasteiger partial charge in [-0.1, -0.05) is 29.8 Å². The number of halogens is 1. The Morgan fingerprint density at radius 2 is 2.28 bits per heavy atom. The van der Waals surface area contributed by atoms with Crippen LogP contribution in [-0.2, 0) is 9.53 Å². The summed E-state index contributed by atoms with van der Waals surface area (Å²) in [7, 11) is 0. The summed E-state index contributed by atoms with van der Waals surface area (Å²) in [6.45, 7) is 3.29. The molecule has 5 heteroatoms. The summed E-state index contributed by atoms with van der Waals surface area (Å²) >= 11 is 6.14. The van der Waals surface area contributed by atoms with Gasteiger partial charge >= 0.3 is 0 Å². The van der Waals surface area contributed by atoms with Crippen LogP contribution in [0.25, 0.3) is 0 Å². The summed E-state index contributed by atoms with van der Waals surface area (Å²) in [6.07, 6.45) is -0.171. The lowest BCUT2D eigenvalue weighted by Gasteiger charge is -2.34. The largest absolute Gasteiger partial charge is 0.370 e. The number of hydrogen-bond donors (Lipinski definition) is 1. The first-order chi connectivity index (χ1) is 8.59. The summed E-state index contributed by atoms with van der Waals surface area (Å²) in [5.41, 5.74) is 6.54. The summed E-state index contributed by atoms with van der Waals surface area (Å²) in [6, 6.07) is 7.06. The van der Waals surface area contributed by atoms with Crippen LogP contribution in [0, 0.1) is 0 Å². The van der Waals surface area contributed by atoms with Gasteiger partial charge in [-0.3, -0.25) is 4.79 Å². The van der Waals surface area contributed by atoms with Crippen molar-refractivity contribution in [3.8, 4) is 0 Å². The van der Waals surface area contributed by atoms with E-state index in [1.165, 1.54) is 0 Å². The number of ether oxygens (including phenoxy) is 1. The van der Waals surface area contributed by atoms with E-state index in [2.05, 4.69) is 0 Å². The molecule has 0 spiro atoms. The maximum Gasteiger partial charge on any atom is 0.239 e. The van der Waals surface area contributed by atoms with Crippen LogP contribution in [0.4, 0.5) is 0 Å². The third-order valence-electron chi connectivity index (χ3n) is 3.02. The summed E-state index contributed by atoms with van der Waals surface area (Å²) in [4.78, 5) is 13.6. The molecule has 1 aliphatic heterocycles. The zero-order chi connectivity index (χ0) is 13.1. The molecule has 1 heterocycles. The average Bonchev–Trinajstić information content (AvgIpc) is 2.38. The Balaban J connectivity index is 2.12. The molecule has 0 aliphatic carbocycles. The van der Waals surface area contributed by atoms with Crippen LogP contribution in [0.5, 0.6) is 0 Å². The number of carbonyl (C=O) groups excluding carboxylic acids is 1. The molecule has 2 rings (SSSR count). The molecular formula is C13H17ClN2O2. The van der Waals surface area contributed by atoms with Gasteiger partial charge in [0.05, 0.1) is 19.2 Å². The van der Waals surface area contributed by atoms with Gasteiger partial charge in [-0.25, -0.2) is 0 Å². The fraction of sp³-hybridized carbons (Fsp3) is 0.462. The van der Waals surface area contributed by atoms with E-state index in [1.54, 1.807) is 11.8 Å². The zero-order valence-corrected chi connectivity index (χ0v) is 11.1. The van der Waals surface area contributed by atoms with Crippen LogP contribution in [0.1, 0.15) is 18.6 Å². The van der Waals surface area contributed by atoms with Crippen molar-refractivity contribution in [2.24, 2.45) is 5.73 Å². The maximum atomic E-state index is 11.9. The predicted octanol–water partition coefficient (Wildman–Crippen LogP) is 1.59. The summed E-state index contributed by atoms with van der Waals surface area (Å²) in [5.74, 6) is -0.0460. The normalized spacial score (nSPS) is 21.7. The standard InChI is InChI=1S/C13H17ClN2O2/c1-9(15)13(17)16-6-7-18-12(8-16)10-4-2-3-5-11(10)14/h2-5,9,12H,6-8,15H2,1H3/t9-,12-/m0/s1. The number of amides is 1. The first-order valence-corrected chi connectivity index (χ1v) is 6.38. The highest BCUT2D eigenvalue weighted by molar-refractivity contribution is 6.31. The van der Waals surface area contributed by atoms with E-state index in [9.17, 15) is 4.79 Å². The minimum atomic E-state index is -0.477. The quantitative estimate of drug-likeness (QED) is 0.886. The van der Waals surface area contributed by atoms with E-state index in [1.807, 2.05) is 24.3 Å². The van der Waals surface area contributed by atoms with Crippen LogP contribution in [0.3, 0.4) is 0 Å². The van der Waals surface area contributed by atoms with Crippen LogP contribution in [0.15, 0.2) is 24.3 Å². The third-order valence-corrected chi connectivity index (χ3v) is 3.36. The molecule has 0 aromatic heterocycles. The molecule has 1 fully saturated rings. The molecule has 2 N–H and O–H groups in total. The topological polar surface area (TPSA) is 55.6 Å². The number of benzene rings is 1. The molecule has 1 saturated heterocycles. The molecule has 0 bridgehead atoms. The van der Waals surface area contributed by atoms with Crippen molar-refractivity contribution < 1.29 is 9.53 Å². The van der Waals surface area contributed by atoms with Gasteiger partial charge in [0.1, 0.15) is 6.10 Å². The minimum absolute atomic E-state index is 0.0460. The van der Waals surface area contributed by atoms with Crippen molar-refractivity contribution in [3.63, 3.8) is 0 Å². The molecule has 0 saturated carbocycles. The highest BCUT2D eigenvalue weighted by Gasteiger charge is 2.27. The van der Waals surface area contributed by atoms with Gasteiger partial charge in [0.2, 0.25) is 5.91 Å². The fourth-order valence-electron chi connectivity index (χ4n) is 2.06. The highest BCUT2D eigenvalue weighted by Crippen LogP contribution is 2.28. The Labute approximate surface area is 112 Å². The van der Waals surface area contributed by atoms with E-state index in [0.717, 1.165) is 5.56 Å². The number of morpholine rings is 1. The zero-order valence-electron chi connectivity index (χ0n) is 10.3. The second-order valence-corrected chi connectivity index (χ2v) is 4.86. The van der Waals surface area contributed by atoms with Crippen LogP contribution < -0.4 is 5.73 Å². The van der Waals surface area contributed by atoms with Gasteiger partial charge < -0.3 is 15.4 Å². The van der Waals surface area contributed by atoms with Crippen molar-refractivity contribution in [3.05, 3.63) is 34.9 Å². The molecule has 1 aromatic carbocycles. The molecule has 1 amide bonds. The first kappa shape index (κ1) is 13.3. The number of rotatable bonds is 2. The Bertz CT molecular complexity index is 437. The van der Waals surface area contributed by atoms with Gasteiger partial charge in [-0.15, -0.1) is 0 Å². The number of nitrogens with two attached hydrogens (primary N) is 1. The highest BCUT2D eigenvalue weighted by atomic mass is 35.5. The van der Waals surface area contributed by atoms with E-state index < -0.39 is 6.04 Å². The second-order valence-electron chi connectivity index (χ2n) is 4.45. The molecule has 0 radical (unpaired) electrons. The van der Waals surface area contributed by atoms with Crippen LogP contribution in [-0.4, -0.2) is 36.5 Å². The van der Waals surface area contributed by atoms with Crippen molar-refractivity contribution in [2.75, 3.05) is 19.7 Å². The fourth-order valence-corrected chi connectivity index (χ4v) is 2.32. The van der Waals surface area contributed by atoms with Crippen molar-refractivity contribution in [1.82, 2.24) is 4.90 Å². The molecule has 2 atom stereocenters. The van der Waals surface area contributed by atoms with Crippen LogP contribution >= 0.6 is 11.6 Å². The maximum absolute atomic E-state index is 11.9. The van der Waals surface area contributed by atoms with Crippen molar-refractivity contribution >= 4 is 17.5 Å².